The smallest absolute Gasteiger partial charge is 0.326 e. The van der Waals surface area contributed by atoms with Gasteiger partial charge in [0.15, 0.2) is 0 Å². The predicted octanol–water partition coefficient (Wildman–Crippen LogP) is -6.43. The fourth-order valence-corrected chi connectivity index (χ4v) is 14.7. The Kier molecular flexibility index (Phi) is 47.1. The van der Waals surface area contributed by atoms with Gasteiger partial charge in [0.05, 0.1) is 44.2 Å². The van der Waals surface area contributed by atoms with Crippen LogP contribution in [0.2, 0.25) is 0 Å². The van der Waals surface area contributed by atoms with E-state index in [1.54, 1.807) is 55.4 Å². The molecule has 4 rings (SSSR count). The van der Waals surface area contributed by atoms with Gasteiger partial charge in [-0.05, 0) is 160 Å². The number of hydrogen-bond acceptors (Lipinski definition) is 26. The quantitative estimate of drug-likeness (QED) is 0.0213. The van der Waals surface area contributed by atoms with Gasteiger partial charge in [-0.25, -0.2) is 9.78 Å². The molecular formula is C81H136N22O23S. The van der Waals surface area contributed by atoms with Crippen LogP contribution in [-0.4, -0.2) is 314 Å². The average Bonchev–Trinajstić information content (AvgIpc) is 1.71. The fourth-order valence-electron chi connectivity index (χ4n) is 14.4. The van der Waals surface area contributed by atoms with Crippen molar-refractivity contribution in [3.05, 3.63) is 18.2 Å². The van der Waals surface area contributed by atoms with Crippen LogP contribution in [0.25, 0.3) is 0 Å². The number of nitrogens with one attached hydrogen (secondary N) is 17. The second kappa shape index (κ2) is 55.1. The minimum Gasteiger partial charge on any atom is -0.481 e. The number of carbonyl (C=O) groups excluding carboxylic acids is 17. The van der Waals surface area contributed by atoms with Crippen LogP contribution in [0.5, 0.6) is 0 Å². The molecule has 0 unspecified atom stereocenters. The van der Waals surface area contributed by atoms with Gasteiger partial charge in [0.2, 0.25) is 100 Å². The van der Waals surface area contributed by atoms with Gasteiger partial charge in [-0.2, -0.15) is 12.6 Å². The van der Waals surface area contributed by atoms with E-state index in [0.29, 0.717) is 57.3 Å². The number of carbonyl (C=O) groups is 19. The van der Waals surface area contributed by atoms with Crippen LogP contribution >= 0.6 is 12.6 Å². The van der Waals surface area contributed by atoms with E-state index in [9.17, 15) is 112 Å². The number of aromatic nitrogens is 2. The van der Waals surface area contributed by atoms with Crippen LogP contribution in [-0.2, 0) is 97.5 Å². The molecular weight excluding hydrogens is 1680 g/mol. The summed E-state index contributed by atoms with van der Waals surface area (Å²) >= 11 is 4.31. The first kappa shape index (κ1) is 109. The Bertz CT molecular complexity index is 3890. The Morgan fingerprint density at radius 3 is 1.43 bits per heavy atom. The number of aliphatic hydroxyl groups is 2. The van der Waals surface area contributed by atoms with Gasteiger partial charge in [-0.3, -0.25) is 86.3 Å². The Hall–Kier alpha value is -10.7. The molecule has 1 aromatic rings. The van der Waals surface area contributed by atoms with Crippen LogP contribution < -0.4 is 96.5 Å². The summed E-state index contributed by atoms with van der Waals surface area (Å²) in [5, 5.41) is 81.6. The van der Waals surface area contributed by atoms with Crippen molar-refractivity contribution in [3.8, 4) is 0 Å². The van der Waals surface area contributed by atoms with Crippen LogP contribution in [0.1, 0.15) is 191 Å². The van der Waals surface area contributed by atoms with E-state index < -0.39 is 260 Å². The van der Waals surface area contributed by atoms with Gasteiger partial charge in [0.25, 0.3) is 0 Å². The highest BCUT2D eigenvalue weighted by molar-refractivity contribution is 7.80. The molecule has 3 aliphatic rings. The maximum atomic E-state index is 14.6. The lowest BCUT2D eigenvalue weighted by Crippen LogP contribution is -2.61. The lowest BCUT2D eigenvalue weighted by atomic mass is 9.96. The molecule has 4 heterocycles. The molecule has 714 valence electrons. The van der Waals surface area contributed by atoms with Crippen molar-refractivity contribution in [1.29, 1.82) is 0 Å². The number of carboxylic acid groups (broad SMARTS) is 2. The van der Waals surface area contributed by atoms with Gasteiger partial charge in [-0.1, -0.05) is 61.8 Å². The Balaban J connectivity index is 1.36. The molecule has 127 heavy (non-hydrogen) atoms. The second-order valence-corrected chi connectivity index (χ2v) is 34.0. The number of amides is 17. The van der Waals surface area contributed by atoms with E-state index >= 15 is 0 Å². The van der Waals surface area contributed by atoms with E-state index in [0.717, 1.165) is 6.42 Å². The van der Waals surface area contributed by atoms with Gasteiger partial charge in [-0.15, -0.1) is 0 Å². The summed E-state index contributed by atoms with van der Waals surface area (Å²) in [5.41, 5.74) is 11.8. The zero-order valence-corrected chi connectivity index (χ0v) is 75.3. The van der Waals surface area contributed by atoms with Crippen molar-refractivity contribution in [3.63, 3.8) is 0 Å². The first-order valence-electron chi connectivity index (χ1n) is 43.6. The van der Waals surface area contributed by atoms with Crippen molar-refractivity contribution in [1.82, 2.24) is 105 Å². The molecule has 0 saturated carbocycles. The van der Waals surface area contributed by atoms with Crippen LogP contribution in [0.3, 0.4) is 0 Å². The Morgan fingerprint density at radius 2 is 0.929 bits per heavy atom. The van der Waals surface area contributed by atoms with E-state index in [1.165, 1.54) is 43.1 Å². The second-order valence-electron chi connectivity index (χ2n) is 33.6. The van der Waals surface area contributed by atoms with E-state index in [-0.39, 0.29) is 95.0 Å². The van der Waals surface area contributed by atoms with Gasteiger partial charge in [0.1, 0.15) is 84.6 Å². The largest absolute Gasteiger partial charge is 0.481 e. The summed E-state index contributed by atoms with van der Waals surface area (Å²) in [6, 6.07) is -19.8. The van der Waals surface area contributed by atoms with E-state index in [4.69, 9.17) is 11.5 Å². The number of unbranched alkanes of at least 4 members (excludes halogenated alkanes) is 2. The SMILES string of the molecule is CC[C@H](C)[C@H](NC(=O)[C@@H](NC(=O)CNC(=O)CNC(=O)[C@H](Cc1cnc[nH]1)NC(=O)[C@@H]1CCCN1C(=O)[C@H](CS)NC(=O)[C@@H](NC(=O)[C@H](CCCCN)NC(=O)[C@@H]1CCCN1)[C@@H](C)O)[C@@H](C)O)C(=O)N1CCC[C@H]1C(=O)N[C@@H](C)C(=O)N[C@@H](CCCCN)C(=O)NCC(=O)N[C@@H](CCC(=O)O)C(=O)N[C@@H](CC(C)C)C(=O)N[C@@H](CC(C)C)C(=O)N[C@H](C(=O)O)C(C)C. The molecule has 3 aliphatic heterocycles. The third kappa shape index (κ3) is 36.5. The molecule has 45 nitrogen and oxygen atoms in total. The van der Waals surface area contributed by atoms with Crippen molar-refractivity contribution >= 4 is 125 Å². The monoisotopic (exact) mass is 1820 g/mol. The summed E-state index contributed by atoms with van der Waals surface area (Å²) in [4.78, 5) is 268. The molecule has 0 spiro atoms. The zero-order valence-electron chi connectivity index (χ0n) is 74.4. The number of likely N-dealkylation sites (tertiary alicyclic amines) is 2. The van der Waals surface area contributed by atoms with Crippen molar-refractivity contribution in [2.45, 2.75) is 295 Å². The lowest BCUT2D eigenvalue weighted by molar-refractivity contribution is -0.144. The number of nitrogens with zero attached hydrogens (tertiary/aromatic N) is 3. The third-order valence-electron chi connectivity index (χ3n) is 21.8. The maximum Gasteiger partial charge on any atom is 0.326 e. The van der Waals surface area contributed by atoms with E-state index in [2.05, 4.69) is 108 Å². The van der Waals surface area contributed by atoms with Crippen molar-refractivity contribution in [2.75, 3.05) is 58.1 Å². The molecule has 0 bridgehead atoms. The first-order valence-corrected chi connectivity index (χ1v) is 44.2. The number of H-pyrrole nitrogens is 1. The minimum atomic E-state index is -1.75. The molecule has 0 aliphatic carbocycles. The standard InChI is InChI=1S/C81H136N22O23S/c1-12-44(8)64(80(124)103-31-19-23-57(103)75(119)90-45(9)67(111)92-50(20-13-15-27-82)68(112)88-38-60(107)91-52(25-26-62(109)110)71(115)94-53(32-41(2)3)73(117)95-54(33-42(4)5)74(118)99-63(43(6)7)81(125)126)100-78(122)65(46(10)104)98-61(108)37-86-59(106)36-87-69(113)55(34-48-35-84-40-89-48)96-76(120)58-24-18-30-102(58)79(123)56(39-127)97-77(121)66(47(11)105)101-72(116)51(21-14-16-28-83)93-70(114)49-22-17-29-85-49/h35,40-47,49-58,63-66,85,104-105,127H,12-34,36-39,82-83H2,1-11H3,(H,84,89)(H,86,106)(H,87,113)(H,88,112)(H,90,119)(H,91,107)(H,92,111)(H,93,114)(H,94,115)(H,95,117)(H,96,120)(H,97,121)(H,98,108)(H,99,118)(H,100,122)(H,101,116)(H,109,110)(H,125,126)/t44-,45-,46+,47+,49-,50-,51-,52-,53-,54-,55-,56-,57-,58-,63-,64-,65-,66-/m0/s1. The van der Waals surface area contributed by atoms with Gasteiger partial charge in [0, 0.05) is 43.6 Å². The molecule has 0 aromatic carbocycles. The number of thiol groups is 1. The van der Waals surface area contributed by atoms with Crippen LogP contribution in [0, 0.1) is 23.7 Å². The number of rotatable bonds is 56. The Labute approximate surface area is 744 Å². The van der Waals surface area contributed by atoms with Crippen LogP contribution in [0.15, 0.2) is 12.5 Å². The molecule has 17 amide bonds. The number of aliphatic hydroxyl groups excluding tert-OH is 2. The summed E-state index contributed by atoms with van der Waals surface area (Å²) in [6.07, 6.45) is 2.53. The summed E-state index contributed by atoms with van der Waals surface area (Å²) in [7, 11) is 0. The molecule has 1 aromatic heterocycles. The molecule has 0 radical (unpaired) electrons. The third-order valence-corrected chi connectivity index (χ3v) is 22.2. The molecule has 3 saturated heterocycles. The number of hydrogen-bond donors (Lipinski definition) is 24. The topological polar surface area (TPSA) is 685 Å². The van der Waals surface area contributed by atoms with Gasteiger partial charge < -0.3 is 132 Å². The maximum absolute atomic E-state index is 14.6. The highest BCUT2D eigenvalue weighted by atomic mass is 32.1. The van der Waals surface area contributed by atoms with Gasteiger partial charge >= 0.3 is 11.9 Å². The predicted molar refractivity (Wildman–Crippen MR) is 461 cm³/mol. The Morgan fingerprint density at radius 1 is 0.472 bits per heavy atom. The number of nitrogens with two attached hydrogens (primary N) is 2. The molecule has 18 atom stereocenters. The zero-order chi connectivity index (χ0) is 95.1. The highest BCUT2D eigenvalue weighted by Gasteiger charge is 2.44. The minimum absolute atomic E-state index is 0.000288. The number of aliphatic carboxylic acids is 2. The number of imidazole rings is 1. The summed E-state index contributed by atoms with van der Waals surface area (Å²) in [6.45, 7) is 16.0. The van der Waals surface area contributed by atoms with Crippen molar-refractivity contribution < 1.29 is 112 Å². The molecule has 3 fully saturated rings. The first-order chi connectivity index (χ1) is 60.0. The normalized spacial score (nSPS) is 18.5. The number of carboxylic acids is 2. The summed E-state index contributed by atoms with van der Waals surface area (Å²) < 4.78 is 0. The van der Waals surface area contributed by atoms with Crippen LogP contribution in [0.4, 0.5) is 0 Å². The van der Waals surface area contributed by atoms with E-state index in [1.807, 2.05) is 0 Å². The summed E-state index contributed by atoms with van der Waals surface area (Å²) in [5.74, 6) is -19.0. The molecule has 25 N–H and O–H groups in total. The highest BCUT2D eigenvalue weighted by Crippen LogP contribution is 2.24. The fraction of sp³-hybridized carbons (Fsp3) is 0.728. The lowest BCUT2D eigenvalue weighted by Gasteiger charge is -2.33. The molecule has 46 heteroatoms. The average molecular weight is 1820 g/mol. The number of aromatic amines is 1. The van der Waals surface area contributed by atoms with Crippen molar-refractivity contribution in [2.24, 2.45) is 35.1 Å².